The first-order valence-electron chi connectivity index (χ1n) is 20.9. The number of hydrogen-bond acceptors (Lipinski definition) is 1. The SMILES string of the molecule is [2H]c1c([2H])c([2H])c(-c2c3c([2H])c([2H])c([2H])c([2H])c3c(-c3c(-c4ccc5ccccc5c4)oc4ccc(-c5ccccc5)cc34)c3c([2H])c([2H])c([2H])c([2H])c23)c([2H])c1[2H]. The van der Waals surface area contributed by atoms with Crippen LogP contribution in [0.2, 0.25) is 0 Å². The van der Waals surface area contributed by atoms with Gasteiger partial charge in [0, 0.05) is 22.1 Å². The summed E-state index contributed by atoms with van der Waals surface area (Å²) in [5.74, 6) is 0.254. The molecule has 210 valence electrons. The van der Waals surface area contributed by atoms with Crippen LogP contribution < -0.4 is 0 Å². The van der Waals surface area contributed by atoms with Gasteiger partial charge in [0.15, 0.2) is 0 Å². The van der Waals surface area contributed by atoms with E-state index in [1.165, 1.54) is 0 Å². The molecule has 0 spiro atoms. The van der Waals surface area contributed by atoms with Gasteiger partial charge in [0.1, 0.15) is 11.3 Å². The first-order chi connectivity index (χ1) is 27.7. The van der Waals surface area contributed by atoms with E-state index in [4.69, 9.17) is 16.8 Å². The van der Waals surface area contributed by atoms with Crippen LogP contribution in [0, 0.1) is 0 Å². The molecule has 0 atom stereocenters. The fourth-order valence-corrected chi connectivity index (χ4v) is 6.19. The largest absolute Gasteiger partial charge is 0.455 e. The van der Waals surface area contributed by atoms with E-state index in [-0.39, 0.29) is 44.0 Å². The van der Waals surface area contributed by atoms with Crippen molar-refractivity contribution in [3.8, 4) is 44.7 Å². The number of rotatable bonds is 4. The third kappa shape index (κ3) is 4.17. The van der Waals surface area contributed by atoms with E-state index in [0.717, 1.165) is 21.9 Å². The van der Waals surface area contributed by atoms with Gasteiger partial charge in [0.05, 0.1) is 17.8 Å². The van der Waals surface area contributed by atoms with Gasteiger partial charge >= 0.3 is 0 Å². The second-order valence-electron chi connectivity index (χ2n) is 10.7. The molecule has 0 saturated heterocycles. The summed E-state index contributed by atoms with van der Waals surface area (Å²) in [5.41, 5.74) is 2.06. The molecule has 0 N–H and O–H groups in total. The normalized spacial score (nSPS) is 15.6. The first kappa shape index (κ1) is 15.7. The molecule has 0 aliphatic heterocycles. The highest BCUT2D eigenvalue weighted by Crippen LogP contribution is 2.50. The fourth-order valence-electron chi connectivity index (χ4n) is 6.19. The zero-order valence-electron chi connectivity index (χ0n) is 36.6. The summed E-state index contributed by atoms with van der Waals surface area (Å²) in [5, 5.41) is 1.36. The molecule has 1 nitrogen and oxygen atoms in total. The highest BCUT2D eigenvalue weighted by atomic mass is 16.3. The molecule has 45 heavy (non-hydrogen) atoms. The smallest absolute Gasteiger partial charge is 0.143 e. The van der Waals surface area contributed by atoms with Gasteiger partial charge in [-0.15, -0.1) is 0 Å². The van der Waals surface area contributed by atoms with Crippen molar-refractivity contribution >= 4 is 43.3 Å². The van der Waals surface area contributed by atoms with Crippen molar-refractivity contribution in [3.63, 3.8) is 0 Å². The van der Waals surface area contributed by atoms with Crippen LogP contribution in [0.15, 0.2) is 174 Å². The highest BCUT2D eigenvalue weighted by Gasteiger charge is 2.24. The van der Waals surface area contributed by atoms with Crippen molar-refractivity contribution in [3.05, 3.63) is 170 Å². The predicted octanol–water partition coefficient (Wildman–Crippen LogP) is 12.6. The summed E-state index contributed by atoms with van der Waals surface area (Å²) in [4.78, 5) is 0. The van der Waals surface area contributed by atoms with Gasteiger partial charge in [0.2, 0.25) is 0 Å². The van der Waals surface area contributed by atoms with Crippen LogP contribution >= 0.6 is 0 Å². The lowest BCUT2D eigenvalue weighted by atomic mass is 9.84. The van der Waals surface area contributed by atoms with Crippen molar-refractivity contribution in [1.82, 2.24) is 0 Å². The van der Waals surface area contributed by atoms with Crippen LogP contribution in [0.5, 0.6) is 0 Å². The van der Waals surface area contributed by atoms with Crippen molar-refractivity contribution in [1.29, 1.82) is 0 Å². The number of furan rings is 1. The van der Waals surface area contributed by atoms with Gasteiger partial charge < -0.3 is 4.42 Å². The Morgan fingerprint density at radius 1 is 0.378 bits per heavy atom. The molecule has 9 aromatic rings. The van der Waals surface area contributed by atoms with Gasteiger partial charge in [-0.05, 0) is 72.8 Å². The maximum atomic E-state index is 9.51. The number of hydrogen-bond donors (Lipinski definition) is 0. The quantitative estimate of drug-likeness (QED) is 0.187. The minimum Gasteiger partial charge on any atom is -0.455 e. The molecule has 0 aliphatic rings. The van der Waals surface area contributed by atoms with E-state index in [0.29, 0.717) is 16.5 Å². The number of fused-ring (bicyclic) bond motifs is 4. The molecule has 0 fully saturated rings. The second kappa shape index (κ2) is 10.4. The van der Waals surface area contributed by atoms with E-state index >= 15 is 0 Å². The van der Waals surface area contributed by atoms with E-state index in [1.54, 1.807) is 6.07 Å². The Morgan fingerprint density at radius 2 is 0.978 bits per heavy atom. The van der Waals surface area contributed by atoms with Crippen LogP contribution in [0.4, 0.5) is 0 Å². The summed E-state index contributed by atoms with van der Waals surface area (Å²) in [6.07, 6.45) is 0. The molecular formula is C44H28O. The van der Waals surface area contributed by atoms with Crippen molar-refractivity contribution < 1.29 is 22.2 Å². The zero-order valence-corrected chi connectivity index (χ0v) is 23.6. The van der Waals surface area contributed by atoms with E-state index in [1.807, 2.05) is 84.9 Å². The van der Waals surface area contributed by atoms with E-state index in [2.05, 4.69) is 0 Å². The Labute approximate surface area is 279 Å². The van der Waals surface area contributed by atoms with Crippen molar-refractivity contribution in [2.75, 3.05) is 0 Å². The molecule has 0 radical (unpaired) electrons. The molecule has 0 amide bonds. The fraction of sp³-hybridized carbons (Fsp3) is 0. The number of benzene rings is 8. The predicted molar refractivity (Wildman–Crippen MR) is 190 cm³/mol. The van der Waals surface area contributed by atoms with Gasteiger partial charge in [-0.2, -0.15) is 0 Å². The lowest BCUT2D eigenvalue weighted by Crippen LogP contribution is -1.91. The van der Waals surface area contributed by atoms with Crippen LogP contribution in [0.25, 0.3) is 88.0 Å². The summed E-state index contributed by atoms with van der Waals surface area (Å²) in [7, 11) is 0. The second-order valence-corrected chi connectivity index (χ2v) is 10.7. The minimum atomic E-state index is -0.726. The molecule has 8 aromatic carbocycles. The van der Waals surface area contributed by atoms with Gasteiger partial charge in [-0.1, -0.05) is 151 Å². The van der Waals surface area contributed by atoms with Crippen LogP contribution in [0.1, 0.15) is 17.8 Å². The highest BCUT2D eigenvalue weighted by molar-refractivity contribution is 6.25. The van der Waals surface area contributed by atoms with Crippen molar-refractivity contribution in [2.45, 2.75) is 0 Å². The standard InChI is InChI=1S/C44H28O/c1-3-13-29(14-4-1)33-25-26-40-39(28-33)43(44(45-40)34-24-23-30-15-7-8-18-32(30)27-34)42-37-21-11-9-19-35(37)41(31-16-5-2-6-17-31)36-20-10-12-22-38(36)42/h1-28H/i2D,5D,6D,9D,10D,11D,12D,16D,17D,19D,20D,21D,22D. The van der Waals surface area contributed by atoms with Crippen LogP contribution in [-0.4, -0.2) is 0 Å². The third-order valence-corrected chi connectivity index (χ3v) is 8.18. The van der Waals surface area contributed by atoms with E-state index < -0.39 is 84.1 Å². The molecule has 9 rings (SSSR count). The molecule has 0 aliphatic carbocycles. The first-order valence-corrected chi connectivity index (χ1v) is 14.4. The van der Waals surface area contributed by atoms with Crippen LogP contribution in [-0.2, 0) is 0 Å². The van der Waals surface area contributed by atoms with Crippen molar-refractivity contribution in [2.24, 2.45) is 0 Å². The average molecular weight is 586 g/mol. The Hall–Kier alpha value is -5.92. The van der Waals surface area contributed by atoms with E-state index in [9.17, 15) is 5.48 Å². The zero-order chi connectivity index (χ0) is 41.1. The topological polar surface area (TPSA) is 13.1 Å². The monoisotopic (exact) mass is 585 g/mol. The molecule has 1 aromatic heterocycles. The Kier molecular flexibility index (Phi) is 3.62. The summed E-state index contributed by atoms with van der Waals surface area (Å²) in [6, 6.07) is 19.8. The molecule has 0 unspecified atom stereocenters. The maximum Gasteiger partial charge on any atom is 0.143 e. The molecular weight excluding hydrogens is 544 g/mol. The average Bonchev–Trinajstić information content (AvgIpc) is 3.62. The molecule has 0 bridgehead atoms. The van der Waals surface area contributed by atoms with Gasteiger partial charge in [-0.3, -0.25) is 0 Å². The molecule has 1 heteroatoms. The lowest BCUT2D eigenvalue weighted by Gasteiger charge is -2.18. The maximum absolute atomic E-state index is 9.51. The Bertz CT molecular complexity index is 3150. The summed E-state index contributed by atoms with van der Waals surface area (Å²) in [6.45, 7) is 0. The Balaban J connectivity index is 1.61. The Morgan fingerprint density at radius 3 is 1.69 bits per heavy atom. The third-order valence-electron chi connectivity index (χ3n) is 8.18. The minimum absolute atomic E-state index is 0.00670. The molecule has 0 saturated carbocycles. The summed E-state index contributed by atoms with van der Waals surface area (Å²) < 4.78 is 123. The lowest BCUT2D eigenvalue weighted by molar-refractivity contribution is 0.632. The molecule has 1 heterocycles. The summed E-state index contributed by atoms with van der Waals surface area (Å²) >= 11 is 0. The van der Waals surface area contributed by atoms with Gasteiger partial charge in [-0.25, -0.2) is 0 Å². The van der Waals surface area contributed by atoms with Crippen LogP contribution in [0.3, 0.4) is 0 Å². The van der Waals surface area contributed by atoms with Gasteiger partial charge in [0.25, 0.3) is 0 Å².